The Hall–Kier alpha value is -3.29. The monoisotopic (exact) mass is 403 g/mol. The van der Waals surface area contributed by atoms with Crippen LogP contribution in [0.15, 0.2) is 59.4 Å². The Kier molecular flexibility index (Phi) is 5.91. The number of hydrogen-bond acceptors (Lipinski definition) is 2. The van der Waals surface area contributed by atoms with Crippen molar-refractivity contribution in [3.63, 3.8) is 0 Å². The van der Waals surface area contributed by atoms with Crippen LogP contribution in [0.1, 0.15) is 24.5 Å². The number of nitrogens with zero attached hydrogens (tertiary/aromatic N) is 1. The van der Waals surface area contributed by atoms with E-state index in [1.165, 1.54) is 23.1 Å². The van der Waals surface area contributed by atoms with Crippen LogP contribution in [0.25, 0.3) is 10.9 Å². The average molecular weight is 403 g/mol. The topological polar surface area (TPSA) is 65.2 Å². The number of aromatic amines is 1. The number of fused-ring (bicyclic) bond motifs is 1. The third-order valence-corrected chi connectivity index (χ3v) is 4.42. The number of amides is 2. The second kappa shape index (κ2) is 8.38. The number of carbonyl (C=O) groups is 1. The molecule has 0 radical (unpaired) electrons. The number of aromatic nitrogens is 1. The van der Waals surface area contributed by atoms with Crippen molar-refractivity contribution in [2.75, 3.05) is 11.9 Å². The highest BCUT2D eigenvalue weighted by molar-refractivity contribution is 5.90. The number of halogens is 3. The molecular weight excluding hydrogens is 383 g/mol. The lowest BCUT2D eigenvalue weighted by atomic mass is 10.1. The van der Waals surface area contributed by atoms with Gasteiger partial charge >= 0.3 is 12.2 Å². The molecule has 3 rings (SSSR count). The number of hydrogen-bond donors (Lipinski definition) is 2. The summed E-state index contributed by atoms with van der Waals surface area (Å²) in [5.41, 5.74) is 0.259. The van der Waals surface area contributed by atoms with E-state index in [1.54, 1.807) is 12.1 Å². The van der Waals surface area contributed by atoms with Crippen molar-refractivity contribution in [1.82, 2.24) is 9.88 Å². The van der Waals surface area contributed by atoms with E-state index in [0.29, 0.717) is 24.0 Å². The fraction of sp³-hybridized carbons (Fsp3) is 0.238. The second-order valence-corrected chi connectivity index (χ2v) is 6.63. The molecule has 2 aromatic carbocycles. The van der Waals surface area contributed by atoms with Gasteiger partial charge in [0, 0.05) is 35.7 Å². The summed E-state index contributed by atoms with van der Waals surface area (Å²) in [6.07, 6.45) is -3.84. The predicted octanol–water partition coefficient (Wildman–Crippen LogP) is 4.99. The number of nitrogens with one attached hydrogen (secondary N) is 2. The van der Waals surface area contributed by atoms with E-state index in [9.17, 15) is 22.8 Å². The smallest absolute Gasteiger partial charge is 0.322 e. The van der Waals surface area contributed by atoms with Crippen LogP contribution >= 0.6 is 0 Å². The van der Waals surface area contributed by atoms with Gasteiger partial charge in [0.1, 0.15) is 0 Å². The van der Waals surface area contributed by atoms with Gasteiger partial charge in [-0.15, -0.1) is 0 Å². The maximum Gasteiger partial charge on any atom is 0.416 e. The fourth-order valence-corrected chi connectivity index (χ4v) is 3.11. The van der Waals surface area contributed by atoms with Gasteiger partial charge in [-0.25, -0.2) is 4.79 Å². The minimum Gasteiger partial charge on any atom is -0.322 e. The molecule has 0 aliphatic carbocycles. The predicted molar refractivity (Wildman–Crippen MR) is 106 cm³/mol. The van der Waals surface area contributed by atoms with Crippen LogP contribution < -0.4 is 10.9 Å². The number of H-pyrrole nitrogens is 1. The maximum atomic E-state index is 12.9. The molecule has 2 N–H and O–H groups in total. The van der Waals surface area contributed by atoms with Crippen LogP contribution in [0.3, 0.4) is 0 Å². The number of rotatable bonds is 5. The summed E-state index contributed by atoms with van der Waals surface area (Å²) in [6.45, 7) is 2.43. The molecule has 152 valence electrons. The first-order chi connectivity index (χ1) is 13.8. The highest BCUT2D eigenvalue weighted by Gasteiger charge is 2.30. The Morgan fingerprint density at radius 3 is 2.59 bits per heavy atom. The summed E-state index contributed by atoms with van der Waals surface area (Å²) in [6, 6.07) is 12.6. The molecule has 0 spiro atoms. The van der Waals surface area contributed by atoms with Crippen LogP contribution in [-0.4, -0.2) is 22.5 Å². The van der Waals surface area contributed by atoms with E-state index >= 15 is 0 Å². The normalized spacial score (nSPS) is 11.4. The summed E-state index contributed by atoms with van der Waals surface area (Å²) in [5.74, 6) is 0. The van der Waals surface area contributed by atoms with Crippen LogP contribution in [0.5, 0.6) is 0 Å². The molecular formula is C21H20F3N3O2. The van der Waals surface area contributed by atoms with Crippen LogP contribution in [0, 0.1) is 0 Å². The van der Waals surface area contributed by atoms with Gasteiger partial charge in [-0.2, -0.15) is 13.2 Å². The van der Waals surface area contributed by atoms with Gasteiger partial charge < -0.3 is 15.2 Å². The quantitative estimate of drug-likeness (QED) is 0.630. The summed E-state index contributed by atoms with van der Waals surface area (Å²) in [5, 5.41) is 3.33. The highest BCUT2D eigenvalue weighted by atomic mass is 19.4. The lowest BCUT2D eigenvalue weighted by Crippen LogP contribution is -2.35. The van der Waals surface area contributed by atoms with Gasteiger partial charge in [0.25, 0.3) is 0 Å². The minimum absolute atomic E-state index is 0.0571. The minimum atomic E-state index is -4.49. The zero-order valence-corrected chi connectivity index (χ0v) is 15.7. The molecule has 0 saturated carbocycles. The zero-order chi connectivity index (χ0) is 21.0. The first-order valence-electron chi connectivity index (χ1n) is 9.12. The van der Waals surface area contributed by atoms with E-state index in [2.05, 4.69) is 10.3 Å². The number of anilines is 1. The van der Waals surface area contributed by atoms with E-state index in [1.807, 2.05) is 19.1 Å². The molecule has 8 heteroatoms. The van der Waals surface area contributed by atoms with Crippen molar-refractivity contribution in [2.45, 2.75) is 26.1 Å². The van der Waals surface area contributed by atoms with E-state index < -0.39 is 17.8 Å². The van der Waals surface area contributed by atoms with Crippen LogP contribution in [0.4, 0.5) is 23.7 Å². The maximum absolute atomic E-state index is 12.9. The number of alkyl halides is 3. The van der Waals surface area contributed by atoms with E-state index in [4.69, 9.17) is 0 Å². The molecule has 0 saturated heterocycles. The molecule has 0 bridgehead atoms. The molecule has 0 unspecified atom stereocenters. The van der Waals surface area contributed by atoms with Crippen LogP contribution in [0.2, 0.25) is 0 Å². The lowest BCUT2D eigenvalue weighted by Gasteiger charge is -2.23. The molecule has 0 atom stereocenters. The van der Waals surface area contributed by atoms with E-state index in [0.717, 1.165) is 17.5 Å². The average Bonchev–Trinajstić information content (AvgIpc) is 2.67. The van der Waals surface area contributed by atoms with Gasteiger partial charge in [-0.1, -0.05) is 31.2 Å². The Balaban J connectivity index is 1.85. The Morgan fingerprint density at radius 1 is 1.10 bits per heavy atom. The van der Waals surface area contributed by atoms with Crippen molar-refractivity contribution in [1.29, 1.82) is 0 Å². The van der Waals surface area contributed by atoms with Crippen molar-refractivity contribution in [2.24, 2.45) is 0 Å². The second-order valence-electron chi connectivity index (χ2n) is 6.63. The van der Waals surface area contributed by atoms with Crippen molar-refractivity contribution in [3.05, 3.63) is 76.1 Å². The molecule has 0 fully saturated rings. The number of urea groups is 1. The Bertz CT molecular complexity index is 1080. The molecule has 5 nitrogen and oxygen atoms in total. The van der Waals surface area contributed by atoms with Crippen LogP contribution in [-0.2, 0) is 12.7 Å². The molecule has 0 aliphatic heterocycles. The summed E-state index contributed by atoms with van der Waals surface area (Å²) >= 11 is 0. The largest absolute Gasteiger partial charge is 0.416 e. The molecule has 1 heterocycles. The molecule has 3 aromatic rings. The molecule has 29 heavy (non-hydrogen) atoms. The van der Waals surface area contributed by atoms with Gasteiger partial charge in [-0.3, -0.25) is 4.79 Å². The highest BCUT2D eigenvalue weighted by Crippen LogP contribution is 2.30. The first-order valence-corrected chi connectivity index (χ1v) is 9.12. The third kappa shape index (κ3) is 4.96. The van der Waals surface area contributed by atoms with Crippen molar-refractivity contribution < 1.29 is 18.0 Å². The standard InChI is InChI=1S/C21H20F3N3O2/c1-2-10-27(13-14-11-19(28)26-18-9-4-3-8-17(14)18)20(29)25-16-7-5-6-15(12-16)21(22,23)24/h3-9,11-12H,2,10,13H2,1H3,(H,25,29)(H,26,28). The van der Waals surface area contributed by atoms with Crippen molar-refractivity contribution >= 4 is 22.6 Å². The molecule has 1 aromatic heterocycles. The van der Waals surface area contributed by atoms with E-state index in [-0.39, 0.29) is 17.8 Å². The third-order valence-electron chi connectivity index (χ3n) is 4.42. The molecule has 2 amide bonds. The van der Waals surface area contributed by atoms with Gasteiger partial charge in [0.05, 0.1) is 5.56 Å². The van der Waals surface area contributed by atoms with Gasteiger partial charge in [-0.05, 0) is 36.2 Å². The summed E-state index contributed by atoms with van der Waals surface area (Å²) in [4.78, 5) is 28.9. The van der Waals surface area contributed by atoms with Crippen molar-refractivity contribution in [3.8, 4) is 0 Å². The fourth-order valence-electron chi connectivity index (χ4n) is 3.11. The van der Waals surface area contributed by atoms with Gasteiger partial charge in [0.2, 0.25) is 5.56 Å². The number of benzene rings is 2. The number of para-hydroxylation sites is 1. The number of pyridine rings is 1. The van der Waals surface area contributed by atoms with Gasteiger partial charge in [0.15, 0.2) is 0 Å². The Labute approximate surface area is 165 Å². The number of carbonyl (C=O) groups excluding carboxylic acids is 1. The zero-order valence-electron chi connectivity index (χ0n) is 15.7. The Morgan fingerprint density at radius 2 is 1.86 bits per heavy atom. The lowest BCUT2D eigenvalue weighted by molar-refractivity contribution is -0.137. The molecule has 0 aliphatic rings. The first kappa shape index (κ1) is 20.4. The summed E-state index contributed by atoms with van der Waals surface area (Å²) < 4.78 is 38.7. The SMILES string of the molecule is CCCN(Cc1cc(=O)[nH]c2ccccc12)C(=O)Nc1cccc(C(F)(F)F)c1. The summed E-state index contributed by atoms with van der Waals surface area (Å²) in [7, 11) is 0.